The second kappa shape index (κ2) is 10.1. The van der Waals surface area contributed by atoms with Crippen LogP contribution in [0.15, 0.2) is 10.6 Å². The van der Waals surface area contributed by atoms with Crippen LogP contribution < -0.4 is 0 Å². The van der Waals surface area contributed by atoms with Gasteiger partial charge in [-0.2, -0.15) is 0 Å². The molecule has 3 heterocycles. The molecule has 0 radical (unpaired) electrons. The number of rotatable bonds is 10. The fourth-order valence-electron chi connectivity index (χ4n) is 4.29. The highest BCUT2D eigenvalue weighted by Gasteiger charge is 2.40. The molecular weight excluding hydrogens is 446 g/mol. The molecule has 0 aliphatic carbocycles. The average molecular weight is 486 g/mol. The zero-order valence-corrected chi connectivity index (χ0v) is 21.6. The molecule has 2 aliphatic rings. The molecule has 0 saturated carbocycles. The Bertz CT molecular complexity index is 920. The van der Waals surface area contributed by atoms with Crippen LogP contribution in [-0.2, 0) is 36.1 Å². The summed E-state index contributed by atoms with van der Waals surface area (Å²) < 4.78 is 42.3. The second-order valence-corrected chi connectivity index (χ2v) is 12.5. The van der Waals surface area contributed by atoms with E-state index in [9.17, 15) is 13.2 Å². The first kappa shape index (κ1) is 26.3. The van der Waals surface area contributed by atoms with Crippen molar-refractivity contribution in [2.24, 2.45) is 0 Å². The molecule has 0 bridgehead atoms. The first-order chi connectivity index (χ1) is 15.3. The number of carbonyl (C=O) groups is 1. The van der Waals surface area contributed by atoms with Crippen molar-refractivity contribution >= 4 is 15.8 Å². The number of carbonyl (C=O) groups excluding carboxylic acids is 1. The van der Waals surface area contributed by atoms with Crippen molar-refractivity contribution in [1.82, 2.24) is 14.4 Å². The lowest BCUT2D eigenvalue weighted by Gasteiger charge is -2.38. The van der Waals surface area contributed by atoms with Gasteiger partial charge in [-0.1, -0.05) is 19.0 Å². The Balaban J connectivity index is 1.58. The number of likely N-dealkylation sites (N-methyl/N-ethyl adjacent to an activating group) is 1. The highest BCUT2D eigenvalue weighted by molar-refractivity contribution is 7.88. The van der Waals surface area contributed by atoms with Gasteiger partial charge in [-0.25, -0.2) is 12.7 Å². The molecule has 10 heteroatoms. The van der Waals surface area contributed by atoms with Crippen LogP contribution in [0.5, 0.6) is 0 Å². The van der Waals surface area contributed by atoms with Gasteiger partial charge in [0.2, 0.25) is 10.0 Å². The molecule has 1 aromatic rings. The molecule has 3 rings (SSSR count). The summed E-state index contributed by atoms with van der Waals surface area (Å²) in [6, 6.07) is 1.82. The molecular formula is C23H39N3O6S. The number of aromatic nitrogens is 1. The third-order valence-corrected chi connectivity index (χ3v) is 8.33. The van der Waals surface area contributed by atoms with Crippen LogP contribution in [0.2, 0.25) is 0 Å². The van der Waals surface area contributed by atoms with Crippen LogP contribution in [-0.4, -0.2) is 86.0 Å². The van der Waals surface area contributed by atoms with Crippen molar-refractivity contribution in [3.63, 3.8) is 0 Å². The predicted molar refractivity (Wildman–Crippen MR) is 124 cm³/mol. The van der Waals surface area contributed by atoms with Crippen molar-refractivity contribution in [3.8, 4) is 0 Å². The van der Waals surface area contributed by atoms with E-state index in [-0.39, 0.29) is 30.0 Å². The maximum Gasteiger partial charge on any atom is 0.211 e. The third-order valence-electron chi connectivity index (χ3n) is 7.06. The van der Waals surface area contributed by atoms with Gasteiger partial charge in [0.15, 0.2) is 12.1 Å². The first-order valence-electron chi connectivity index (χ1n) is 11.7. The van der Waals surface area contributed by atoms with Crippen LogP contribution in [0.4, 0.5) is 0 Å². The van der Waals surface area contributed by atoms with Crippen molar-refractivity contribution < 1.29 is 27.2 Å². The van der Waals surface area contributed by atoms with E-state index in [1.807, 2.05) is 45.7 Å². The maximum absolute atomic E-state index is 13.2. The highest BCUT2D eigenvalue weighted by atomic mass is 32.2. The van der Waals surface area contributed by atoms with E-state index < -0.39 is 15.6 Å². The van der Waals surface area contributed by atoms with Gasteiger partial charge in [0.05, 0.1) is 30.5 Å². The van der Waals surface area contributed by atoms with E-state index in [0.717, 1.165) is 31.6 Å². The molecule has 2 aliphatic heterocycles. The van der Waals surface area contributed by atoms with Crippen LogP contribution >= 0.6 is 0 Å². The van der Waals surface area contributed by atoms with E-state index in [1.165, 1.54) is 10.6 Å². The third kappa shape index (κ3) is 6.42. The molecule has 33 heavy (non-hydrogen) atoms. The fraction of sp³-hybridized carbons (Fsp3) is 0.826. The Morgan fingerprint density at radius 1 is 1.27 bits per heavy atom. The lowest BCUT2D eigenvalue weighted by molar-refractivity contribution is -0.170. The second-order valence-electron chi connectivity index (χ2n) is 10.5. The minimum Gasteiger partial charge on any atom is -0.361 e. The van der Waals surface area contributed by atoms with Gasteiger partial charge in [0.1, 0.15) is 5.76 Å². The smallest absolute Gasteiger partial charge is 0.211 e. The summed E-state index contributed by atoms with van der Waals surface area (Å²) in [5.74, 6) is 0.512. The number of hydrogen-bond acceptors (Lipinski definition) is 8. The molecule has 0 N–H and O–H groups in total. The quantitative estimate of drug-likeness (QED) is 0.498. The monoisotopic (exact) mass is 485 g/mol. The minimum atomic E-state index is -3.23. The Hall–Kier alpha value is -1.33. The summed E-state index contributed by atoms with van der Waals surface area (Å²) in [5.41, 5.74) is -0.411. The first-order valence-corrected chi connectivity index (χ1v) is 13.6. The van der Waals surface area contributed by atoms with Gasteiger partial charge < -0.3 is 14.0 Å². The Kier molecular flexibility index (Phi) is 8.05. The van der Waals surface area contributed by atoms with Crippen LogP contribution in [0.1, 0.15) is 64.8 Å². The molecule has 0 amide bonds. The summed E-state index contributed by atoms with van der Waals surface area (Å²) in [6.07, 6.45) is 4.96. The van der Waals surface area contributed by atoms with Crippen molar-refractivity contribution in [3.05, 3.63) is 17.5 Å². The molecule has 0 aromatic carbocycles. The van der Waals surface area contributed by atoms with Gasteiger partial charge in [-0.3, -0.25) is 9.69 Å². The molecule has 2 fully saturated rings. The summed E-state index contributed by atoms with van der Waals surface area (Å²) >= 11 is 0. The molecule has 2 atom stereocenters. The Labute approximate surface area is 197 Å². The van der Waals surface area contributed by atoms with Crippen molar-refractivity contribution in [2.45, 2.75) is 83.1 Å². The largest absolute Gasteiger partial charge is 0.361 e. The van der Waals surface area contributed by atoms with E-state index in [0.29, 0.717) is 31.9 Å². The minimum absolute atomic E-state index is 0.00447. The van der Waals surface area contributed by atoms with Crippen molar-refractivity contribution in [1.29, 1.82) is 0 Å². The van der Waals surface area contributed by atoms with Crippen LogP contribution in [0.25, 0.3) is 0 Å². The number of nitrogens with zero attached hydrogens (tertiary/aromatic N) is 3. The summed E-state index contributed by atoms with van der Waals surface area (Å²) in [4.78, 5) is 15.2. The Morgan fingerprint density at radius 3 is 2.61 bits per heavy atom. The normalized spacial score (nSPS) is 23.4. The molecule has 2 saturated heterocycles. The lowest BCUT2D eigenvalue weighted by Crippen LogP contribution is -2.54. The summed E-state index contributed by atoms with van der Waals surface area (Å²) in [7, 11) is -1.34. The summed E-state index contributed by atoms with van der Waals surface area (Å²) in [5, 5.41) is 4.21. The molecule has 2 unspecified atom stereocenters. The lowest BCUT2D eigenvalue weighted by atomic mass is 9.89. The van der Waals surface area contributed by atoms with Crippen LogP contribution in [0.3, 0.4) is 0 Å². The molecule has 1 aromatic heterocycles. The zero-order chi connectivity index (χ0) is 24.4. The van der Waals surface area contributed by atoms with Crippen molar-refractivity contribution in [2.75, 3.05) is 39.6 Å². The maximum atomic E-state index is 13.2. The molecule has 9 nitrogen and oxygen atoms in total. The SMILES string of the molecule is CN(C1CCN(S(C)(=O)=O)C1)C(C)(C)C(=O)Cc1cc(C(C)(C)COC2CCCCO2)no1. The predicted octanol–water partition coefficient (Wildman–Crippen LogP) is 2.35. The fourth-order valence-corrected chi connectivity index (χ4v) is 5.17. The van der Waals surface area contributed by atoms with E-state index in [1.54, 1.807) is 0 Å². The summed E-state index contributed by atoms with van der Waals surface area (Å²) in [6.45, 7) is 9.87. The number of Topliss-reactive ketones (excluding diaryl/α,β-unsaturated/α-hetero) is 1. The number of ketones is 1. The molecule has 188 valence electrons. The van der Waals surface area contributed by atoms with Gasteiger partial charge in [-0.15, -0.1) is 0 Å². The zero-order valence-electron chi connectivity index (χ0n) is 20.8. The van der Waals surface area contributed by atoms with Gasteiger partial charge in [0, 0.05) is 37.2 Å². The average Bonchev–Trinajstić information content (AvgIpc) is 3.42. The Morgan fingerprint density at radius 2 is 2.00 bits per heavy atom. The van der Waals surface area contributed by atoms with Gasteiger partial charge in [0.25, 0.3) is 0 Å². The van der Waals surface area contributed by atoms with Crippen LogP contribution in [0, 0.1) is 0 Å². The standard InChI is InChI=1S/C23H39N3O6S/c1-22(2,16-31-21-9-7-8-12-30-21)19-13-18(32-24-19)14-20(27)23(3,4)25(5)17-10-11-26(15-17)33(6,28)29/h13,17,21H,7-12,14-16H2,1-6H3. The number of ether oxygens (including phenoxy) is 2. The number of hydrogen-bond donors (Lipinski definition) is 0. The van der Waals surface area contributed by atoms with Gasteiger partial charge >= 0.3 is 0 Å². The van der Waals surface area contributed by atoms with Gasteiger partial charge in [-0.05, 0) is 46.6 Å². The topological polar surface area (TPSA) is 102 Å². The van der Waals surface area contributed by atoms with E-state index >= 15 is 0 Å². The highest BCUT2D eigenvalue weighted by Crippen LogP contribution is 2.28. The van der Waals surface area contributed by atoms with E-state index in [4.69, 9.17) is 14.0 Å². The molecule has 0 spiro atoms. The number of sulfonamides is 1. The van der Waals surface area contributed by atoms with E-state index in [2.05, 4.69) is 5.16 Å².